The summed E-state index contributed by atoms with van der Waals surface area (Å²) in [7, 11) is 0. The molecule has 8 heteroatoms. The Balaban J connectivity index is 2.19. The van der Waals surface area contributed by atoms with Crippen LogP contribution in [0, 0.1) is 5.82 Å². The maximum Gasteiger partial charge on any atom is 0.421 e. The second-order valence-corrected chi connectivity index (χ2v) is 5.39. The summed E-state index contributed by atoms with van der Waals surface area (Å²) in [5.74, 6) is -0.983. The molecular weight excluding hydrogens is 340 g/mol. The molecule has 0 saturated carbocycles. The summed E-state index contributed by atoms with van der Waals surface area (Å²) < 4.78 is 52.3. The van der Waals surface area contributed by atoms with Crippen LogP contribution in [0.25, 0.3) is 0 Å². The van der Waals surface area contributed by atoms with Crippen LogP contribution in [-0.4, -0.2) is 21.9 Å². The molecule has 0 spiro atoms. The summed E-state index contributed by atoms with van der Waals surface area (Å²) in [6, 6.07) is 7.42. The number of aromatic nitrogens is 1. The van der Waals surface area contributed by atoms with Crippen LogP contribution in [0.15, 0.2) is 47.4 Å². The molecule has 0 radical (unpaired) electrons. The first-order chi connectivity index (χ1) is 11.7. The van der Waals surface area contributed by atoms with Gasteiger partial charge in [-0.15, -0.1) is 0 Å². The molecule has 0 aliphatic carbocycles. The molecule has 0 aliphatic heterocycles. The molecule has 134 valence electrons. The van der Waals surface area contributed by atoms with Crippen molar-refractivity contribution >= 4 is 5.91 Å². The van der Waals surface area contributed by atoms with Crippen LogP contribution in [0.1, 0.15) is 18.1 Å². The largest absolute Gasteiger partial charge is 0.421 e. The number of likely N-dealkylation sites (N-methyl/N-ethyl adjacent to an activating group) is 1. The lowest BCUT2D eigenvalue weighted by Gasteiger charge is -2.22. The second-order valence-electron chi connectivity index (χ2n) is 5.39. The number of halogens is 4. The van der Waals surface area contributed by atoms with Crippen LogP contribution in [-0.2, 0) is 24.1 Å². The lowest BCUT2D eigenvalue weighted by molar-refractivity contribution is -0.139. The average molecular weight is 356 g/mol. The van der Waals surface area contributed by atoms with E-state index in [1.807, 2.05) is 0 Å². The normalized spacial score (nSPS) is 11.4. The van der Waals surface area contributed by atoms with Crippen molar-refractivity contribution in [1.82, 2.24) is 9.47 Å². The third kappa shape index (κ3) is 4.68. The van der Waals surface area contributed by atoms with Gasteiger partial charge in [0, 0.05) is 19.3 Å². The molecule has 0 N–H and O–H groups in total. The molecule has 4 nitrogen and oxygen atoms in total. The van der Waals surface area contributed by atoms with Gasteiger partial charge in [0.15, 0.2) is 0 Å². The monoisotopic (exact) mass is 356 g/mol. The van der Waals surface area contributed by atoms with Crippen molar-refractivity contribution in [3.05, 3.63) is 69.9 Å². The van der Waals surface area contributed by atoms with Crippen molar-refractivity contribution in [1.29, 1.82) is 0 Å². The highest BCUT2D eigenvalue weighted by atomic mass is 19.4. The smallest absolute Gasteiger partial charge is 0.337 e. The first kappa shape index (κ1) is 18.7. The Morgan fingerprint density at radius 2 is 1.92 bits per heavy atom. The van der Waals surface area contributed by atoms with Gasteiger partial charge in [0.05, 0.1) is 0 Å². The third-order valence-corrected chi connectivity index (χ3v) is 3.63. The lowest BCUT2D eigenvalue weighted by atomic mass is 10.2. The number of hydrogen-bond donors (Lipinski definition) is 0. The third-order valence-electron chi connectivity index (χ3n) is 3.63. The van der Waals surface area contributed by atoms with Crippen molar-refractivity contribution < 1.29 is 22.4 Å². The van der Waals surface area contributed by atoms with Gasteiger partial charge in [-0.1, -0.05) is 12.1 Å². The predicted octanol–water partition coefficient (Wildman–Crippen LogP) is 3.05. The SMILES string of the molecule is CCN(Cc1cccc(F)c1)C(=O)Cn1cccc(C(F)(F)F)c1=O. The molecule has 0 fully saturated rings. The number of amides is 1. The molecule has 0 saturated heterocycles. The van der Waals surface area contributed by atoms with E-state index in [0.717, 1.165) is 16.8 Å². The first-order valence-corrected chi connectivity index (χ1v) is 7.51. The molecule has 2 aromatic rings. The topological polar surface area (TPSA) is 42.3 Å². The van der Waals surface area contributed by atoms with Crippen molar-refractivity contribution in [3.8, 4) is 0 Å². The minimum absolute atomic E-state index is 0.0980. The fourth-order valence-electron chi connectivity index (χ4n) is 2.35. The number of carbonyl (C=O) groups is 1. The Kier molecular flexibility index (Phi) is 5.61. The Hall–Kier alpha value is -2.64. The molecule has 2 rings (SSSR count). The van der Waals surface area contributed by atoms with Gasteiger partial charge in [0.25, 0.3) is 5.56 Å². The lowest BCUT2D eigenvalue weighted by Crippen LogP contribution is -2.37. The fourth-order valence-corrected chi connectivity index (χ4v) is 2.35. The molecule has 0 unspecified atom stereocenters. The molecule has 25 heavy (non-hydrogen) atoms. The van der Waals surface area contributed by atoms with E-state index in [1.54, 1.807) is 13.0 Å². The zero-order valence-corrected chi connectivity index (χ0v) is 13.4. The average Bonchev–Trinajstić information content (AvgIpc) is 2.53. The number of nitrogens with zero attached hydrogens (tertiary/aromatic N) is 2. The van der Waals surface area contributed by atoms with Crippen molar-refractivity contribution in [3.63, 3.8) is 0 Å². The van der Waals surface area contributed by atoms with Gasteiger partial charge in [-0.05, 0) is 36.8 Å². The van der Waals surface area contributed by atoms with Crippen LogP contribution in [0.2, 0.25) is 0 Å². The van der Waals surface area contributed by atoms with E-state index in [2.05, 4.69) is 0 Å². The summed E-state index contributed by atoms with van der Waals surface area (Å²) in [5.41, 5.74) is -2.05. The van der Waals surface area contributed by atoms with E-state index in [9.17, 15) is 27.2 Å². The van der Waals surface area contributed by atoms with Crippen LogP contribution in [0.3, 0.4) is 0 Å². The number of pyridine rings is 1. The van der Waals surface area contributed by atoms with Gasteiger partial charge in [0.2, 0.25) is 5.91 Å². The van der Waals surface area contributed by atoms with E-state index in [0.29, 0.717) is 11.6 Å². The summed E-state index contributed by atoms with van der Waals surface area (Å²) in [5, 5.41) is 0. The van der Waals surface area contributed by atoms with E-state index in [1.165, 1.54) is 23.1 Å². The minimum atomic E-state index is -4.78. The van der Waals surface area contributed by atoms with Crippen molar-refractivity contribution in [2.24, 2.45) is 0 Å². The maximum absolute atomic E-state index is 13.2. The quantitative estimate of drug-likeness (QED) is 0.773. The molecule has 1 amide bonds. The fraction of sp³-hybridized carbons (Fsp3) is 0.294. The number of alkyl halides is 3. The summed E-state index contributed by atoms with van der Waals surface area (Å²) in [6.07, 6.45) is -3.65. The standard InChI is InChI=1S/C17H16F4N2O2/c1-2-22(10-12-5-3-6-13(18)9-12)15(24)11-23-8-4-7-14(16(23)25)17(19,20)21/h3-9H,2,10-11H2,1H3. The molecule has 0 aliphatic rings. The second kappa shape index (κ2) is 7.50. The van der Waals surface area contributed by atoms with Gasteiger partial charge in [-0.2, -0.15) is 13.2 Å². The van der Waals surface area contributed by atoms with Crippen LogP contribution >= 0.6 is 0 Å². The summed E-state index contributed by atoms with van der Waals surface area (Å²) in [6.45, 7) is 1.53. The highest BCUT2D eigenvalue weighted by molar-refractivity contribution is 5.76. The van der Waals surface area contributed by atoms with E-state index < -0.39 is 35.6 Å². The zero-order valence-electron chi connectivity index (χ0n) is 13.4. The first-order valence-electron chi connectivity index (χ1n) is 7.51. The van der Waals surface area contributed by atoms with Crippen LogP contribution in [0.4, 0.5) is 17.6 Å². The van der Waals surface area contributed by atoms with Gasteiger partial charge in [-0.3, -0.25) is 9.59 Å². The number of rotatable bonds is 5. The predicted molar refractivity (Wildman–Crippen MR) is 83.2 cm³/mol. The summed E-state index contributed by atoms with van der Waals surface area (Å²) >= 11 is 0. The number of benzene rings is 1. The molecular formula is C17H16F4N2O2. The van der Waals surface area contributed by atoms with Gasteiger partial charge >= 0.3 is 6.18 Å². The molecule has 0 bridgehead atoms. The van der Waals surface area contributed by atoms with Crippen molar-refractivity contribution in [2.45, 2.75) is 26.2 Å². The highest BCUT2D eigenvalue weighted by Crippen LogP contribution is 2.25. The molecule has 1 aromatic heterocycles. The molecule has 1 aromatic carbocycles. The molecule has 0 atom stereocenters. The molecule has 1 heterocycles. The van der Waals surface area contributed by atoms with Crippen molar-refractivity contribution in [2.75, 3.05) is 6.54 Å². The van der Waals surface area contributed by atoms with Crippen LogP contribution < -0.4 is 5.56 Å². The Bertz CT molecular complexity index is 815. The van der Waals surface area contributed by atoms with Gasteiger partial charge in [-0.25, -0.2) is 4.39 Å². The highest BCUT2D eigenvalue weighted by Gasteiger charge is 2.34. The maximum atomic E-state index is 13.2. The van der Waals surface area contributed by atoms with Crippen LogP contribution in [0.5, 0.6) is 0 Å². The van der Waals surface area contributed by atoms with Gasteiger partial charge in [0.1, 0.15) is 17.9 Å². The zero-order chi connectivity index (χ0) is 18.6. The van der Waals surface area contributed by atoms with E-state index in [4.69, 9.17) is 0 Å². The minimum Gasteiger partial charge on any atom is -0.337 e. The van der Waals surface area contributed by atoms with E-state index in [-0.39, 0.29) is 13.1 Å². The Morgan fingerprint density at radius 1 is 1.20 bits per heavy atom. The summed E-state index contributed by atoms with van der Waals surface area (Å²) in [4.78, 5) is 25.6. The Morgan fingerprint density at radius 3 is 2.52 bits per heavy atom. The van der Waals surface area contributed by atoms with E-state index >= 15 is 0 Å². The van der Waals surface area contributed by atoms with Gasteiger partial charge < -0.3 is 9.47 Å². The number of carbonyl (C=O) groups excluding carboxylic acids is 1. The Labute approximate surface area is 141 Å². The number of hydrogen-bond acceptors (Lipinski definition) is 2.